The Balaban J connectivity index is 1.60. The van der Waals surface area contributed by atoms with Gasteiger partial charge in [-0.25, -0.2) is 0 Å². The number of hydrogen-bond acceptors (Lipinski definition) is 6. The summed E-state index contributed by atoms with van der Waals surface area (Å²) >= 11 is 0. The molecule has 1 amide bonds. The van der Waals surface area contributed by atoms with Gasteiger partial charge in [-0.05, 0) is 31.2 Å². The number of non-ortho nitro benzene ring substituents is 1. The van der Waals surface area contributed by atoms with Gasteiger partial charge in [-0.1, -0.05) is 0 Å². The second-order valence-corrected chi connectivity index (χ2v) is 6.50. The number of nitro groups is 1. The number of carbonyl (C=O) groups is 1. The lowest BCUT2D eigenvalue weighted by atomic mass is 10.1. The smallest absolute Gasteiger partial charge is 0.289 e. The summed E-state index contributed by atoms with van der Waals surface area (Å²) < 4.78 is 5.19. The number of benzene rings is 1. The third-order valence-electron chi connectivity index (χ3n) is 4.75. The monoisotopic (exact) mass is 366 g/mol. The maximum Gasteiger partial charge on any atom is 0.289 e. The van der Waals surface area contributed by atoms with Crippen molar-refractivity contribution in [2.45, 2.75) is 6.92 Å². The summed E-state index contributed by atoms with van der Waals surface area (Å²) in [5.41, 5.74) is 2.53. The summed E-state index contributed by atoms with van der Waals surface area (Å²) in [4.78, 5) is 31.6. The normalized spacial score (nSPS) is 14.6. The molecule has 1 aliphatic heterocycles. The number of pyridine rings is 1. The quantitative estimate of drug-likeness (QED) is 0.523. The van der Waals surface area contributed by atoms with Gasteiger partial charge in [-0.15, -0.1) is 0 Å². The molecule has 1 fully saturated rings. The van der Waals surface area contributed by atoms with Gasteiger partial charge in [0.05, 0.1) is 16.7 Å². The summed E-state index contributed by atoms with van der Waals surface area (Å²) in [6.45, 7) is 4.27. The van der Waals surface area contributed by atoms with Crippen LogP contribution in [0.5, 0.6) is 0 Å². The fourth-order valence-corrected chi connectivity index (χ4v) is 3.41. The van der Waals surface area contributed by atoms with E-state index in [1.54, 1.807) is 29.2 Å². The van der Waals surface area contributed by atoms with Crippen molar-refractivity contribution in [1.29, 1.82) is 0 Å². The first-order valence-electron chi connectivity index (χ1n) is 8.66. The third kappa shape index (κ3) is 3.21. The molecule has 2 aromatic heterocycles. The van der Waals surface area contributed by atoms with Crippen LogP contribution in [0.3, 0.4) is 0 Å². The fourth-order valence-electron chi connectivity index (χ4n) is 3.41. The summed E-state index contributed by atoms with van der Waals surface area (Å²) in [6, 6.07) is 10.0. The second kappa shape index (κ2) is 6.71. The van der Waals surface area contributed by atoms with Crippen LogP contribution in [0.25, 0.3) is 10.9 Å². The lowest BCUT2D eigenvalue weighted by Crippen LogP contribution is -2.48. The summed E-state index contributed by atoms with van der Waals surface area (Å²) in [7, 11) is 0. The Morgan fingerprint density at radius 2 is 1.96 bits per heavy atom. The van der Waals surface area contributed by atoms with Gasteiger partial charge < -0.3 is 14.2 Å². The molecule has 27 heavy (non-hydrogen) atoms. The van der Waals surface area contributed by atoms with Crippen molar-refractivity contribution in [3.63, 3.8) is 0 Å². The van der Waals surface area contributed by atoms with Gasteiger partial charge in [0.25, 0.3) is 11.6 Å². The van der Waals surface area contributed by atoms with E-state index in [0.717, 1.165) is 22.3 Å². The molecule has 3 heterocycles. The Labute approximate surface area is 155 Å². The Hall–Kier alpha value is -3.42. The van der Waals surface area contributed by atoms with Gasteiger partial charge in [-0.3, -0.25) is 19.9 Å². The zero-order valence-electron chi connectivity index (χ0n) is 14.8. The highest BCUT2D eigenvalue weighted by Gasteiger charge is 2.25. The second-order valence-electron chi connectivity index (χ2n) is 6.50. The van der Waals surface area contributed by atoms with Gasteiger partial charge >= 0.3 is 0 Å². The van der Waals surface area contributed by atoms with Gasteiger partial charge in [0.15, 0.2) is 5.76 Å². The SMILES string of the molecule is Cc1cc(N2CCN(C(=O)c3ccco3)CC2)c2cc([N+](=O)[O-])ccc2n1. The Morgan fingerprint density at radius 3 is 2.63 bits per heavy atom. The largest absolute Gasteiger partial charge is 0.459 e. The lowest BCUT2D eigenvalue weighted by molar-refractivity contribution is -0.384. The fraction of sp³-hybridized carbons (Fsp3) is 0.263. The van der Waals surface area contributed by atoms with E-state index in [9.17, 15) is 14.9 Å². The van der Waals surface area contributed by atoms with Gasteiger partial charge in [0, 0.05) is 55.1 Å². The van der Waals surface area contributed by atoms with Crippen molar-refractivity contribution >= 4 is 28.2 Å². The molecule has 0 radical (unpaired) electrons. The molecule has 0 N–H and O–H groups in total. The number of anilines is 1. The Bertz CT molecular complexity index is 1010. The predicted octanol–water partition coefficient (Wildman–Crippen LogP) is 3.01. The van der Waals surface area contributed by atoms with E-state index in [4.69, 9.17) is 4.42 Å². The van der Waals surface area contributed by atoms with Crippen molar-refractivity contribution in [2.24, 2.45) is 0 Å². The standard InChI is InChI=1S/C19H18N4O4/c1-13-11-17(15-12-14(23(25)26)4-5-16(15)20-13)21-6-8-22(9-7-21)19(24)18-3-2-10-27-18/h2-5,10-12H,6-9H2,1H3. The first kappa shape index (κ1) is 17.0. The zero-order chi connectivity index (χ0) is 19.0. The number of aromatic nitrogens is 1. The number of amides is 1. The minimum absolute atomic E-state index is 0.0426. The summed E-state index contributed by atoms with van der Waals surface area (Å²) in [5, 5.41) is 11.9. The number of aryl methyl sites for hydroxylation is 1. The van der Waals surface area contributed by atoms with Crippen LogP contribution in [-0.2, 0) is 0 Å². The summed E-state index contributed by atoms with van der Waals surface area (Å²) in [5.74, 6) is 0.218. The first-order chi connectivity index (χ1) is 13.0. The molecule has 0 bridgehead atoms. The van der Waals surface area contributed by atoms with Crippen LogP contribution in [0.2, 0.25) is 0 Å². The van der Waals surface area contributed by atoms with Crippen molar-refractivity contribution in [2.75, 3.05) is 31.1 Å². The van der Waals surface area contributed by atoms with Crippen molar-refractivity contribution in [3.8, 4) is 0 Å². The zero-order valence-corrected chi connectivity index (χ0v) is 14.8. The molecule has 0 atom stereocenters. The van der Waals surface area contributed by atoms with Gasteiger partial charge in [0.2, 0.25) is 0 Å². The van der Waals surface area contributed by atoms with Gasteiger partial charge in [-0.2, -0.15) is 0 Å². The number of fused-ring (bicyclic) bond motifs is 1. The van der Waals surface area contributed by atoms with Crippen LogP contribution < -0.4 is 4.90 Å². The molecule has 4 rings (SSSR count). The van der Waals surface area contributed by atoms with Crippen molar-refractivity contribution in [3.05, 3.63) is 64.2 Å². The van der Waals surface area contributed by atoms with E-state index in [2.05, 4.69) is 9.88 Å². The van der Waals surface area contributed by atoms with E-state index in [1.165, 1.54) is 12.3 Å². The van der Waals surface area contributed by atoms with Crippen molar-refractivity contribution in [1.82, 2.24) is 9.88 Å². The van der Waals surface area contributed by atoms with E-state index < -0.39 is 4.92 Å². The molecule has 8 heteroatoms. The molecule has 138 valence electrons. The predicted molar refractivity (Wildman–Crippen MR) is 100.0 cm³/mol. The average molecular weight is 366 g/mol. The topological polar surface area (TPSA) is 92.7 Å². The molecular weight excluding hydrogens is 348 g/mol. The molecular formula is C19H18N4O4. The maximum atomic E-state index is 12.4. The minimum Gasteiger partial charge on any atom is -0.459 e. The van der Waals surface area contributed by atoms with Crippen LogP contribution in [-0.4, -0.2) is 46.9 Å². The Kier molecular flexibility index (Phi) is 4.23. The molecule has 0 unspecified atom stereocenters. The molecule has 1 saturated heterocycles. The lowest BCUT2D eigenvalue weighted by Gasteiger charge is -2.36. The average Bonchev–Trinajstić information content (AvgIpc) is 3.21. The van der Waals surface area contributed by atoms with E-state index in [1.807, 2.05) is 13.0 Å². The number of carbonyl (C=O) groups excluding carboxylic acids is 1. The molecule has 1 aliphatic rings. The Morgan fingerprint density at radius 1 is 1.19 bits per heavy atom. The van der Waals surface area contributed by atoms with Crippen molar-refractivity contribution < 1.29 is 14.1 Å². The number of nitro benzene ring substituents is 1. The van der Waals surface area contributed by atoms with Gasteiger partial charge in [0.1, 0.15) is 0 Å². The number of hydrogen-bond donors (Lipinski definition) is 0. The number of furan rings is 1. The van der Waals surface area contributed by atoms with E-state index in [-0.39, 0.29) is 11.6 Å². The third-order valence-corrected chi connectivity index (χ3v) is 4.75. The van der Waals surface area contributed by atoms with E-state index >= 15 is 0 Å². The van der Waals surface area contributed by atoms with Crippen LogP contribution in [0.4, 0.5) is 11.4 Å². The molecule has 0 saturated carbocycles. The maximum absolute atomic E-state index is 12.4. The number of nitrogens with zero attached hydrogens (tertiary/aromatic N) is 4. The van der Waals surface area contributed by atoms with Crippen LogP contribution in [0, 0.1) is 17.0 Å². The highest BCUT2D eigenvalue weighted by Crippen LogP contribution is 2.30. The highest BCUT2D eigenvalue weighted by atomic mass is 16.6. The minimum atomic E-state index is -0.400. The van der Waals surface area contributed by atoms with Crippen LogP contribution in [0.15, 0.2) is 47.1 Å². The van der Waals surface area contributed by atoms with Crippen LogP contribution in [0.1, 0.15) is 16.2 Å². The number of piperazine rings is 1. The van der Waals surface area contributed by atoms with E-state index in [0.29, 0.717) is 31.9 Å². The first-order valence-corrected chi connectivity index (χ1v) is 8.66. The molecule has 3 aromatic rings. The summed E-state index contributed by atoms with van der Waals surface area (Å²) in [6.07, 6.45) is 1.49. The molecule has 1 aromatic carbocycles. The molecule has 8 nitrogen and oxygen atoms in total. The number of rotatable bonds is 3. The molecule has 0 aliphatic carbocycles. The molecule has 0 spiro atoms. The highest BCUT2D eigenvalue weighted by molar-refractivity contribution is 5.94. The van der Waals surface area contributed by atoms with Crippen LogP contribution >= 0.6 is 0 Å².